The molecule has 3 heterocycles. The van der Waals surface area contributed by atoms with Crippen molar-refractivity contribution < 1.29 is 4.79 Å². The number of fused-ring (bicyclic) bond motifs is 1. The van der Waals surface area contributed by atoms with Crippen molar-refractivity contribution in [3.05, 3.63) is 77.0 Å². The first-order valence-corrected chi connectivity index (χ1v) is 9.59. The third kappa shape index (κ3) is 3.70. The van der Waals surface area contributed by atoms with Crippen LogP contribution in [0.1, 0.15) is 23.9 Å². The summed E-state index contributed by atoms with van der Waals surface area (Å²) in [5.74, 6) is 0.942. The number of H-pyrrole nitrogens is 1. The van der Waals surface area contributed by atoms with Crippen LogP contribution in [-0.2, 0) is 11.2 Å². The lowest BCUT2D eigenvalue weighted by Gasteiger charge is -2.17. The van der Waals surface area contributed by atoms with Gasteiger partial charge in [-0.05, 0) is 46.7 Å². The van der Waals surface area contributed by atoms with Gasteiger partial charge in [0.25, 0.3) is 0 Å². The van der Waals surface area contributed by atoms with Crippen molar-refractivity contribution >= 4 is 28.3 Å². The van der Waals surface area contributed by atoms with E-state index in [1.165, 1.54) is 5.56 Å². The van der Waals surface area contributed by atoms with Crippen molar-refractivity contribution in [3.8, 4) is 0 Å². The van der Waals surface area contributed by atoms with Gasteiger partial charge in [0.05, 0.1) is 23.5 Å². The molecule has 0 fully saturated rings. The summed E-state index contributed by atoms with van der Waals surface area (Å²) in [4.78, 5) is 20.3. The summed E-state index contributed by atoms with van der Waals surface area (Å²) < 4.78 is 2.08. The first kappa shape index (κ1) is 16.6. The number of amides is 1. The Morgan fingerprint density at radius 1 is 1.19 bits per heavy atom. The number of carbonyl (C=O) groups is 1. The fraction of sp³-hybridized carbons (Fsp3) is 0.200. The molecular weight excluding hydrogens is 344 g/mol. The molecule has 2 N–H and O–H groups in total. The summed E-state index contributed by atoms with van der Waals surface area (Å²) in [6, 6.07) is 14.0. The molecule has 1 aromatic carbocycles. The van der Waals surface area contributed by atoms with Gasteiger partial charge >= 0.3 is 0 Å². The lowest BCUT2D eigenvalue weighted by molar-refractivity contribution is -0.121. The van der Waals surface area contributed by atoms with Gasteiger partial charge in [-0.25, -0.2) is 4.98 Å². The average Bonchev–Trinajstić information content (AvgIpc) is 3.40. The summed E-state index contributed by atoms with van der Waals surface area (Å²) in [7, 11) is 0. The summed E-state index contributed by atoms with van der Waals surface area (Å²) in [5, 5.41) is 7.17. The smallest absolute Gasteiger partial charge is 0.222 e. The molecule has 4 aromatic rings. The first-order valence-electron chi connectivity index (χ1n) is 8.64. The fourth-order valence-corrected chi connectivity index (χ4v) is 3.81. The van der Waals surface area contributed by atoms with Gasteiger partial charge < -0.3 is 14.9 Å². The van der Waals surface area contributed by atoms with Crippen molar-refractivity contribution in [2.45, 2.75) is 18.9 Å². The van der Waals surface area contributed by atoms with Crippen LogP contribution in [0.25, 0.3) is 11.0 Å². The topological polar surface area (TPSA) is 62.7 Å². The number of thiophene rings is 1. The Labute approximate surface area is 155 Å². The highest BCUT2D eigenvalue weighted by molar-refractivity contribution is 7.08. The molecule has 6 heteroatoms. The quantitative estimate of drug-likeness (QED) is 0.524. The van der Waals surface area contributed by atoms with Crippen LogP contribution in [0.5, 0.6) is 0 Å². The molecule has 0 aliphatic heterocycles. The monoisotopic (exact) mass is 364 g/mol. The fourth-order valence-electron chi connectivity index (χ4n) is 3.11. The van der Waals surface area contributed by atoms with Crippen LogP contribution >= 0.6 is 11.3 Å². The molecule has 1 amide bonds. The number of aromatic nitrogens is 3. The Bertz CT molecular complexity index is 905. The van der Waals surface area contributed by atoms with Gasteiger partial charge in [-0.15, -0.1) is 0 Å². The summed E-state index contributed by atoms with van der Waals surface area (Å²) in [6.07, 6.45) is 5.12. The predicted octanol–water partition coefficient (Wildman–Crippen LogP) is 3.76. The van der Waals surface area contributed by atoms with Gasteiger partial charge in [-0.2, -0.15) is 11.3 Å². The normalized spacial score (nSPS) is 12.3. The highest BCUT2D eigenvalue weighted by Crippen LogP contribution is 2.24. The van der Waals surface area contributed by atoms with Crippen LogP contribution in [0.2, 0.25) is 0 Å². The maximum atomic E-state index is 12.5. The summed E-state index contributed by atoms with van der Waals surface area (Å²) >= 11 is 1.65. The lowest BCUT2D eigenvalue weighted by atomic mass is 10.1. The molecule has 4 rings (SSSR count). The lowest BCUT2D eigenvalue weighted by Crippen LogP contribution is -2.28. The van der Waals surface area contributed by atoms with E-state index in [1.807, 2.05) is 54.2 Å². The largest absolute Gasteiger partial charge is 0.356 e. The second kappa shape index (κ2) is 7.58. The molecular formula is C20H20N4OS. The molecule has 0 spiro atoms. The van der Waals surface area contributed by atoms with E-state index in [1.54, 1.807) is 11.3 Å². The number of hydrogen-bond acceptors (Lipinski definition) is 3. The molecule has 0 radical (unpaired) electrons. The van der Waals surface area contributed by atoms with Crippen molar-refractivity contribution in [1.82, 2.24) is 19.9 Å². The highest BCUT2D eigenvalue weighted by atomic mass is 32.1. The maximum absolute atomic E-state index is 12.5. The molecule has 132 valence electrons. The van der Waals surface area contributed by atoms with Gasteiger partial charge in [-0.3, -0.25) is 4.79 Å². The second-order valence-corrected chi connectivity index (χ2v) is 6.99. The molecule has 0 aliphatic carbocycles. The highest BCUT2D eigenvalue weighted by Gasteiger charge is 2.17. The second-order valence-electron chi connectivity index (χ2n) is 6.21. The zero-order valence-corrected chi connectivity index (χ0v) is 15.1. The number of hydrogen-bond donors (Lipinski definition) is 2. The standard InChI is InChI=1S/C20H20N4OS/c25-20(13-18(15-8-12-26-14-15)24-10-3-4-11-24)21-9-7-19-22-16-5-1-2-6-17(16)23-19/h1-6,8,10-12,14,18H,7,9,13H2,(H,21,25)(H,22,23)/t18-/m0/s1. The van der Waals surface area contributed by atoms with E-state index in [-0.39, 0.29) is 11.9 Å². The van der Waals surface area contributed by atoms with Crippen LogP contribution in [0.4, 0.5) is 0 Å². The van der Waals surface area contributed by atoms with Gasteiger partial charge in [0.15, 0.2) is 0 Å². The molecule has 3 aromatic heterocycles. The van der Waals surface area contributed by atoms with Crippen LogP contribution in [0.3, 0.4) is 0 Å². The van der Waals surface area contributed by atoms with E-state index in [9.17, 15) is 4.79 Å². The zero-order chi connectivity index (χ0) is 17.8. The average molecular weight is 364 g/mol. The Balaban J connectivity index is 1.35. The minimum atomic E-state index is 0.0300. The zero-order valence-electron chi connectivity index (χ0n) is 14.3. The summed E-state index contributed by atoms with van der Waals surface area (Å²) in [6.45, 7) is 0.570. The van der Waals surface area contributed by atoms with Crippen molar-refractivity contribution in [1.29, 1.82) is 0 Å². The van der Waals surface area contributed by atoms with E-state index in [0.29, 0.717) is 19.4 Å². The Kier molecular flexibility index (Phi) is 4.84. The van der Waals surface area contributed by atoms with E-state index in [0.717, 1.165) is 16.9 Å². The molecule has 0 unspecified atom stereocenters. The number of aromatic amines is 1. The van der Waals surface area contributed by atoms with E-state index < -0.39 is 0 Å². The molecule has 5 nitrogen and oxygen atoms in total. The maximum Gasteiger partial charge on any atom is 0.222 e. The van der Waals surface area contributed by atoms with E-state index in [4.69, 9.17) is 0 Å². The van der Waals surface area contributed by atoms with Gasteiger partial charge in [-0.1, -0.05) is 12.1 Å². The predicted molar refractivity (Wildman–Crippen MR) is 104 cm³/mol. The molecule has 1 atom stereocenters. The van der Waals surface area contributed by atoms with Gasteiger partial charge in [0.2, 0.25) is 5.91 Å². The number of benzene rings is 1. The molecule has 0 saturated heterocycles. The van der Waals surface area contributed by atoms with Crippen molar-refractivity contribution in [2.75, 3.05) is 6.54 Å². The van der Waals surface area contributed by atoms with Crippen LogP contribution in [-0.4, -0.2) is 27.0 Å². The number of para-hydroxylation sites is 2. The first-order chi connectivity index (χ1) is 12.8. The van der Waals surface area contributed by atoms with Gasteiger partial charge in [0, 0.05) is 25.4 Å². The molecule has 0 bridgehead atoms. The number of nitrogens with one attached hydrogen (secondary N) is 2. The third-order valence-corrected chi connectivity index (χ3v) is 5.12. The minimum absolute atomic E-state index is 0.0300. The Morgan fingerprint density at radius 2 is 2.04 bits per heavy atom. The number of nitrogens with zero attached hydrogens (tertiary/aromatic N) is 2. The van der Waals surface area contributed by atoms with Crippen molar-refractivity contribution in [2.24, 2.45) is 0 Å². The minimum Gasteiger partial charge on any atom is -0.356 e. The SMILES string of the molecule is O=C(C[C@@H](c1ccsc1)n1cccc1)NCCc1nc2ccccc2[nH]1. The Morgan fingerprint density at radius 3 is 2.81 bits per heavy atom. The number of rotatable bonds is 7. The van der Waals surface area contributed by atoms with Gasteiger partial charge in [0.1, 0.15) is 5.82 Å². The molecule has 0 saturated carbocycles. The van der Waals surface area contributed by atoms with E-state index >= 15 is 0 Å². The van der Waals surface area contributed by atoms with E-state index in [2.05, 4.69) is 31.3 Å². The molecule has 0 aliphatic rings. The number of imidazole rings is 1. The Hall–Kier alpha value is -2.86. The van der Waals surface area contributed by atoms with Crippen molar-refractivity contribution in [3.63, 3.8) is 0 Å². The third-order valence-electron chi connectivity index (χ3n) is 4.42. The summed E-state index contributed by atoms with van der Waals surface area (Å²) in [5.41, 5.74) is 3.15. The molecule has 26 heavy (non-hydrogen) atoms. The number of carbonyl (C=O) groups excluding carboxylic acids is 1. The van der Waals surface area contributed by atoms with Crippen LogP contribution in [0.15, 0.2) is 65.6 Å². The van der Waals surface area contributed by atoms with Crippen LogP contribution < -0.4 is 5.32 Å². The van der Waals surface area contributed by atoms with Crippen LogP contribution in [0, 0.1) is 0 Å².